The number of phosphoric ester groups is 2. The minimum Gasteiger partial charge on any atom is -0.462 e. The van der Waals surface area contributed by atoms with Crippen LogP contribution in [0.4, 0.5) is 0 Å². The van der Waals surface area contributed by atoms with Crippen molar-refractivity contribution in [1.82, 2.24) is 0 Å². The van der Waals surface area contributed by atoms with Crippen LogP contribution in [0.3, 0.4) is 0 Å². The zero-order valence-corrected chi connectivity index (χ0v) is 68.3. The number of unbranched alkanes of at least 4 members (excludes halogenated alkanes) is 45. The summed E-state index contributed by atoms with van der Waals surface area (Å²) >= 11 is 0. The van der Waals surface area contributed by atoms with Crippen molar-refractivity contribution in [2.45, 2.75) is 440 Å². The second-order valence-corrected chi connectivity index (χ2v) is 34.3. The van der Waals surface area contributed by atoms with Crippen LogP contribution in [-0.4, -0.2) is 96.7 Å². The Morgan fingerprint density at radius 1 is 0.248 bits per heavy atom. The highest BCUT2D eigenvalue weighted by Crippen LogP contribution is 2.45. The first-order chi connectivity index (χ1) is 48.6. The Hall–Kier alpha value is -1.94. The summed E-state index contributed by atoms with van der Waals surface area (Å²) in [6.45, 7) is 14.2. The predicted octanol–water partition coefficient (Wildman–Crippen LogP) is 24.4. The van der Waals surface area contributed by atoms with Crippen molar-refractivity contribution in [3.05, 3.63) is 0 Å². The van der Waals surface area contributed by atoms with Gasteiger partial charge in [-0.1, -0.05) is 370 Å². The van der Waals surface area contributed by atoms with Gasteiger partial charge >= 0.3 is 39.5 Å². The van der Waals surface area contributed by atoms with Gasteiger partial charge in [-0.05, 0) is 49.4 Å². The number of ether oxygens (including phenoxy) is 4. The molecular formula is C82H160O17P2. The molecular weight excluding hydrogens is 1320 g/mol. The van der Waals surface area contributed by atoms with Crippen molar-refractivity contribution in [2.75, 3.05) is 39.6 Å². The van der Waals surface area contributed by atoms with Crippen molar-refractivity contribution in [3.8, 4) is 0 Å². The van der Waals surface area contributed by atoms with Crippen LogP contribution in [-0.2, 0) is 65.4 Å². The number of phosphoric acid groups is 2. The average Bonchev–Trinajstić information content (AvgIpc) is 1.03. The first-order valence-electron chi connectivity index (χ1n) is 42.2. The van der Waals surface area contributed by atoms with E-state index in [2.05, 4.69) is 55.4 Å². The van der Waals surface area contributed by atoms with E-state index in [4.69, 9.17) is 37.0 Å². The van der Waals surface area contributed by atoms with E-state index in [0.29, 0.717) is 31.6 Å². The molecule has 0 aromatic rings. The maximum atomic E-state index is 13.1. The van der Waals surface area contributed by atoms with Gasteiger partial charge < -0.3 is 33.8 Å². The fourth-order valence-corrected chi connectivity index (χ4v) is 14.2. The first kappa shape index (κ1) is 99.1. The molecule has 19 heteroatoms. The lowest BCUT2D eigenvalue weighted by molar-refractivity contribution is -0.161. The quantitative estimate of drug-likeness (QED) is 0.0222. The number of esters is 4. The molecule has 0 rings (SSSR count). The number of carbonyl (C=O) groups excluding carboxylic acids is 4. The van der Waals surface area contributed by atoms with Crippen LogP contribution >= 0.6 is 15.6 Å². The molecule has 0 aromatic carbocycles. The fourth-order valence-electron chi connectivity index (χ4n) is 12.6. The van der Waals surface area contributed by atoms with Crippen LogP contribution in [0.5, 0.6) is 0 Å². The van der Waals surface area contributed by atoms with E-state index >= 15 is 0 Å². The molecule has 2 unspecified atom stereocenters. The van der Waals surface area contributed by atoms with Gasteiger partial charge in [0.1, 0.15) is 19.3 Å². The highest BCUT2D eigenvalue weighted by atomic mass is 31.2. The van der Waals surface area contributed by atoms with Crippen LogP contribution in [0.25, 0.3) is 0 Å². The Kier molecular flexibility index (Phi) is 69.6. The van der Waals surface area contributed by atoms with Gasteiger partial charge in [-0.2, -0.15) is 0 Å². The molecule has 17 nitrogen and oxygen atoms in total. The van der Waals surface area contributed by atoms with Crippen molar-refractivity contribution in [2.24, 2.45) is 23.7 Å². The molecule has 0 fully saturated rings. The number of rotatable bonds is 79. The molecule has 0 radical (unpaired) electrons. The topological polar surface area (TPSA) is 237 Å². The third-order valence-corrected chi connectivity index (χ3v) is 21.0. The standard InChI is InChI=1S/C82H160O17P2/c1-72(2)58-50-42-34-28-22-18-14-11-9-10-12-16-20-24-31-37-46-54-62-79(84)92-68-77(98-81(86)64-56-48-38-32-25-21-17-13-15-19-23-29-35-43-51-59-73(3)4)70-96-100(88,89)94-66-76(83)67-95-101(90,91)97-71-78(69-93-80(85)63-55-47-41-40-45-53-61-75(7)8)99-82(87)65-57-49-39-33-27-26-30-36-44-52-60-74(5)6/h72-78,83H,9-71H2,1-8H3,(H,88,89)(H,90,91)/t76-,77-,78-/m1/s1. The van der Waals surface area contributed by atoms with E-state index in [0.717, 1.165) is 114 Å². The normalized spacial score (nSPS) is 14.0. The summed E-state index contributed by atoms with van der Waals surface area (Å²) in [6.07, 6.45) is 58.6. The van der Waals surface area contributed by atoms with Gasteiger partial charge in [0.2, 0.25) is 0 Å². The Balaban J connectivity index is 5.20. The van der Waals surface area contributed by atoms with Crippen molar-refractivity contribution in [3.63, 3.8) is 0 Å². The summed E-state index contributed by atoms with van der Waals surface area (Å²) in [4.78, 5) is 73.0. The van der Waals surface area contributed by atoms with Crippen molar-refractivity contribution in [1.29, 1.82) is 0 Å². The summed E-state index contributed by atoms with van der Waals surface area (Å²) in [5.74, 6) is 0.942. The Bertz CT molecular complexity index is 1970. The molecule has 0 saturated heterocycles. The van der Waals surface area contributed by atoms with E-state index in [1.165, 1.54) is 218 Å². The summed E-state index contributed by atoms with van der Waals surface area (Å²) in [5.41, 5.74) is 0. The molecule has 0 heterocycles. The Labute approximate surface area is 619 Å². The first-order valence-corrected chi connectivity index (χ1v) is 45.2. The molecule has 0 aliphatic rings. The van der Waals surface area contributed by atoms with Crippen LogP contribution < -0.4 is 0 Å². The van der Waals surface area contributed by atoms with Crippen LogP contribution in [0.1, 0.15) is 421 Å². The second kappa shape index (κ2) is 71.0. The molecule has 5 atom stereocenters. The highest BCUT2D eigenvalue weighted by Gasteiger charge is 2.30. The number of hydrogen-bond acceptors (Lipinski definition) is 15. The van der Waals surface area contributed by atoms with E-state index < -0.39 is 97.5 Å². The minimum absolute atomic E-state index is 0.105. The third-order valence-electron chi connectivity index (χ3n) is 19.1. The van der Waals surface area contributed by atoms with Crippen LogP contribution in [0.2, 0.25) is 0 Å². The Morgan fingerprint density at radius 3 is 0.614 bits per heavy atom. The summed E-state index contributed by atoms with van der Waals surface area (Å²) < 4.78 is 68.7. The molecule has 0 aromatic heterocycles. The number of hydrogen-bond donors (Lipinski definition) is 3. The van der Waals surface area contributed by atoms with Gasteiger partial charge in [0.05, 0.1) is 26.4 Å². The number of aliphatic hydroxyl groups is 1. The maximum absolute atomic E-state index is 13.1. The molecule has 0 bridgehead atoms. The second-order valence-electron chi connectivity index (χ2n) is 31.4. The zero-order chi connectivity index (χ0) is 74.6. The van der Waals surface area contributed by atoms with Gasteiger partial charge in [0, 0.05) is 25.7 Å². The highest BCUT2D eigenvalue weighted by molar-refractivity contribution is 7.47. The number of carbonyl (C=O) groups is 4. The van der Waals surface area contributed by atoms with Gasteiger partial charge in [0.15, 0.2) is 12.2 Å². The zero-order valence-electron chi connectivity index (χ0n) is 66.5. The molecule has 0 saturated carbocycles. The largest absolute Gasteiger partial charge is 0.472 e. The minimum atomic E-state index is -4.96. The van der Waals surface area contributed by atoms with Gasteiger partial charge in [-0.25, -0.2) is 9.13 Å². The van der Waals surface area contributed by atoms with E-state index in [9.17, 15) is 43.2 Å². The molecule has 600 valence electrons. The van der Waals surface area contributed by atoms with E-state index in [1.54, 1.807) is 0 Å². The molecule has 3 N–H and O–H groups in total. The summed E-state index contributed by atoms with van der Waals surface area (Å²) in [7, 11) is -9.92. The third kappa shape index (κ3) is 76.1. The molecule has 0 amide bonds. The lowest BCUT2D eigenvalue weighted by Crippen LogP contribution is -2.30. The van der Waals surface area contributed by atoms with Crippen LogP contribution in [0, 0.1) is 23.7 Å². The monoisotopic (exact) mass is 1480 g/mol. The Morgan fingerprint density at radius 2 is 0.416 bits per heavy atom. The van der Waals surface area contributed by atoms with E-state index in [-0.39, 0.29) is 25.7 Å². The SMILES string of the molecule is CC(C)CCCCCCCCCCCCCCCCCCCCC(=O)OC[C@H](COP(=O)(O)OC[C@@H](O)COP(=O)(O)OC[C@@H](COC(=O)CCCCCCCCC(C)C)OC(=O)CCCCCCCCCCCCC(C)C)OC(=O)CCCCCCCCCCCCCCCCCC(C)C. The molecule has 0 spiro atoms. The smallest absolute Gasteiger partial charge is 0.462 e. The maximum Gasteiger partial charge on any atom is 0.472 e. The summed E-state index contributed by atoms with van der Waals surface area (Å²) in [6, 6.07) is 0. The van der Waals surface area contributed by atoms with Gasteiger partial charge in [-0.15, -0.1) is 0 Å². The lowest BCUT2D eigenvalue weighted by atomic mass is 10.0. The predicted molar refractivity (Wildman–Crippen MR) is 414 cm³/mol. The fraction of sp³-hybridized carbons (Fsp3) is 0.951. The van der Waals surface area contributed by atoms with Crippen molar-refractivity contribution < 1.29 is 80.2 Å². The van der Waals surface area contributed by atoms with Crippen LogP contribution in [0.15, 0.2) is 0 Å². The summed E-state index contributed by atoms with van der Waals surface area (Å²) in [5, 5.41) is 10.6. The average molecular weight is 1480 g/mol. The van der Waals surface area contributed by atoms with Crippen molar-refractivity contribution >= 4 is 39.5 Å². The lowest BCUT2D eigenvalue weighted by Gasteiger charge is -2.21. The van der Waals surface area contributed by atoms with Gasteiger partial charge in [0.25, 0.3) is 0 Å². The molecule has 0 aliphatic carbocycles. The molecule has 0 aliphatic heterocycles. The molecule has 101 heavy (non-hydrogen) atoms. The number of aliphatic hydroxyl groups excluding tert-OH is 1. The van der Waals surface area contributed by atoms with Gasteiger partial charge in [-0.3, -0.25) is 37.3 Å². The van der Waals surface area contributed by atoms with E-state index in [1.807, 2.05) is 0 Å².